The van der Waals surface area contributed by atoms with Gasteiger partial charge in [0.25, 0.3) is 5.91 Å². The summed E-state index contributed by atoms with van der Waals surface area (Å²) in [6, 6.07) is 13.3. The minimum atomic E-state index is -0.109. The van der Waals surface area contributed by atoms with E-state index in [1.54, 1.807) is 4.90 Å². The first-order valence-electron chi connectivity index (χ1n) is 7.74. The lowest BCUT2D eigenvalue weighted by atomic mass is 10.2. The highest BCUT2D eigenvalue weighted by Gasteiger charge is 2.31. The fourth-order valence-corrected chi connectivity index (χ4v) is 4.05. The van der Waals surface area contributed by atoms with Gasteiger partial charge in [0.05, 0.1) is 11.6 Å². The van der Waals surface area contributed by atoms with Crippen LogP contribution in [-0.4, -0.2) is 28.6 Å². The van der Waals surface area contributed by atoms with Crippen molar-refractivity contribution >= 4 is 61.9 Å². The predicted octanol–water partition coefficient (Wildman–Crippen LogP) is 4.45. The zero-order valence-electron chi connectivity index (χ0n) is 13.4. The van der Waals surface area contributed by atoms with Gasteiger partial charge in [0.2, 0.25) is 6.79 Å². The Kier molecular flexibility index (Phi) is 4.88. The molecule has 2 aromatic carbocycles. The number of benzene rings is 2. The molecular weight excluding hydrogens is 436 g/mol. The highest BCUT2D eigenvalue weighted by Crippen LogP contribution is 2.36. The minimum Gasteiger partial charge on any atom is -0.454 e. The maximum atomic E-state index is 12.7. The Morgan fingerprint density at radius 3 is 2.77 bits per heavy atom. The average Bonchev–Trinajstić information content (AvgIpc) is 3.20. The molecule has 2 aromatic rings. The van der Waals surface area contributed by atoms with Crippen LogP contribution >= 0.6 is 39.9 Å². The van der Waals surface area contributed by atoms with Crippen LogP contribution in [0.2, 0.25) is 0 Å². The standard InChI is InChI=1S/C18H13BrN2O3S2/c19-12-2-4-13(5-3-12)20-9-21-17(22)16(26-18(21)25)8-11-1-6-14-15(7-11)24-10-23-14/h1-8,20H,9-10H2. The van der Waals surface area contributed by atoms with Crippen LogP contribution in [0.5, 0.6) is 11.5 Å². The Hall–Kier alpha value is -2.03. The van der Waals surface area contributed by atoms with Crippen molar-refractivity contribution in [2.24, 2.45) is 0 Å². The van der Waals surface area contributed by atoms with Crippen molar-refractivity contribution in [1.29, 1.82) is 0 Å². The largest absolute Gasteiger partial charge is 0.454 e. The minimum absolute atomic E-state index is 0.109. The number of nitrogens with zero attached hydrogens (tertiary/aromatic N) is 1. The molecule has 132 valence electrons. The van der Waals surface area contributed by atoms with E-state index in [9.17, 15) is 4.79 Å². The monoisotopic (exact) mass is 448 g/mol. The molecule has 0 aliphatic carbocycles. The van der Waals surface area contributed by atoms with Crippen molar-refractivity contribution in [3.05, 3.63) is 57.4 Å². The molecule has 1 N–H and O–H groups in total. The fourth-order valence-electron chi connectivity index (χ4n) is 2.53. The molecule has 0 atom stereocenters. The van der Waals surface area contributed by atoms with Gasteiger partial charge in [-0.15, -0.1) is 0 Å². The highest BCUT2D eigenvalue weighted by atomic mass is 79.9. The summed E-state index contributed by atoms with van der Waals surface area (Å²) >= 11 is 10.1. The van der Waals surface area contributed by atoms with E-state index in [4.69, 9.17) is 21.7 Å². The van der Waals surface area contributed by atoms with E-state index in [-0.39, 0.29) is 12.7 Å². The number of thioether (sulfide) groups is 1. The number of rotatable bonds is 4. The first kappa shape index (κ1) is 17.4. The van der Waals surface area contributed by atoms with Gasteiger partial charge in [-0.3, -0.25) is 9.69 Å². The molecule has 4 rings (SSSR count). The molecule has 0 saturated carbocycles. The van der Waals surface area contributed by atoms with Crippen LogP contribution in [0.3, 0.4) is 0 Å². The second-order valence-electron chi connectivity index (χ2n) is 5.56. The summed E-state index contributed by atoms with van der Waals surface area (Å²) in [5.41, 5.74) is 1.79. The van der Waals surface area contributed by atoms with Crippen molar-refractivity contribution in [3.63, 3.8) is 0 Å². The summed E-state index contributed by atoms with van der Waals surface area (Å²) in [5.74, 6) is 1.29. The van der Waals surface area contributed by atoms with Gasteiger partial charge in [-0.1, -0.05) is 46.0 Å². The van der Waals surface area contributed by atoms with Crippen molar-refractivity contribution in [2.45, 2.75) is 0 Å². The molecule has 8 heteroatoms. The normalized spacial score (nSPS) is 17.3. The number of anilines is 1. The van der Waals surface area contributed by atoms with Crippen molar-refractivity contribution in [3.8, 4) is 11.5 Å². The second kappa shape index (κ2) is 7.30. The summed E-state index contributed by atoms with van der Waals surface area (Å²) in [6.45, 7) is 0.549. The summed E-state index contributed by atoms with van der Waals surface area (Å²) in [6.07, 6.45) is 1.82. The molecule has 1 saturated heterocycles. The van der Waals surface area contributed by atoms with Crippen LogP contribution in [0.1, 0.15) is 5.56 Å². The number of halogens is 1. The molecule has 2 heterocycles. The van der Waals surface area contributed by atoms with Gasteiger partial charge in [-0.2, -0.15) is 0 Å². The summed E-state index contributed by atoms with van der Waals surface area (Å²) in [4.78, 5) is 14.8. The molecule has 0 bridgehead atoms. The Labute approximate surface area is 168 Å². The Balaban J connectivity index is 1.47. The highest BCUT2D eigenvalue weighted by molar-refractivity contribution is 9.10. The smallest absolute Gasteiger partial charge is 0.267 e. The SMILES string of the molecule is O=C1C(=Cc2ccc3c(c2)OCO3)SC(=S)N1CNc1ccc(Br)cc1. The van der Waals surface area contributed by atoms with Gasteiger partial charge in [-0.05, 0) is 48.0 Å². The molecule has 26 heavy (non-hydrogen) atoms. The lowest BCUT2D eigenvalue weighted by molar-refractivity contribution is -0.121. The first-order chi connectivity index (χ1) is 12.6. The summed E-state index contributed by atoms with van der Waals surface area (Å²) in [7, 11) is 0. The van der Waals surface area contributed by atoms with Gasteiger partial charge in [0.1, 0.15) is 4.32 Å². The maximum Gasteiger partial charge on any atom is 0.267 e. The van der Waals surface area contributed by atoms with E-state index in [0.717, 1.165) is 15.7 Å². The van der Waals surface area contributed by atoms with Crippen LogP contribution in [0.4, 0.5) is 5.69 Å². The third kappa shape index (κ3) is 3.58. The number of carbonyl (C=O) groups excluding carboxylic acids is 1. The van der Waals surface area contributed by atoms with Crippen LogP contribution < -0.4 is 14.8 Å². The lowest BCUT2D eigenvalue weighted by Gasteiger charge is -2.16. The third-order valence-corrected chi connectivity index (χ3v) is 5.76. The van der Waals surface area contributed by atoms with Crippen molar-refractivity contribution in [1.82, 2.24) is 4.90 Å². The average molecular weight is 449 g/mol. The van der Waals surface area contributed by atoms with Crippen LogP contribution in [-0.2, 0) is 4.79 Å². The van der Waals surface area contributed by atoms with E-state index in [1.165, 1.54) is 11.8 Å². The predicted molar refractivity (Wildman–Crippen MR) is 110 cm³/mol. The quantitative estimate of drug-likeness (QED) is 0.550. The Morgan fingerprint density at radius 2 is 1.96 bits per heavy atom. The molecule has 0 radical (unpaired) electrons. The summed E-state index contributed by atoms with van der Waals surface area (Å²) < 4.78 is 12.2. The lowest BCUT2D eigenvalue weighted by Crippen LogP contribution is -2.33. The van der Waals surface area contributed by atoms with Crippen LogP contribution in [0, 0.1) is 0 Å². The third-order valence-electron chi connectivity index (χ3n) is 3.85. The number of ether oxygens (including phenoxy) is 2. The number of carbonyl (C=O) groups is 1. The summed E-state index contributed by atoms with van der Waals surface area (Å²) in [5, 5.41) is 3.21. The number of thiocarbonyl (C=S) groups is 1. The van der Waals surface area contributed by atoms with Crippen molar-refractivity contribution in [2.75, 3.05) is 18.8 Å². The zero-order valence-corrected chi connectivity index (χ0v) is 16.6. The van der Waals surface area contributed by atoms with Gasteiger partial charge in [-0.25, -0.2) is 0 Å². The molecular formula is C18H13BrN2O3S2. The van der Waals surface area contributed by atoms with E-state index in [2.05, 4.69) is 21.2 Å². The second-order valence-corrected chi connectivity index (χ2v) is 8.16. The fraction of sp³-hybridized carbons (Fsp3) is 0.111. The van der Waals surface area contributed by atoms with Gasteiger partial charge in [0, 0.05) is 10.2 Å². The topological polar surface area (TPSA) is 50.8 Å². The molecule has 2 aliphatic rings. The van der Waals surface area contributed by atoms with E-state index in [1.807, 2.05) is 48.5 Å². The molecule has 1 fully saturated rings. The number of amides is 1. The van der Waals surface area contributed by atoms with Crippen molar-refractivity contribution < 1.29 is 14.3 Å². The Morgan fingerprint density at radius 1 is 1.19 bits per heavy atom. The number of fused-ring (bicyclic) bond motifs is 1. The van der Waals surface area contributed by atoms with Gasteiger partial charge in [0.15, 0.2) is 11.5 Å². The Bertz CT molecular complexity index is 915. The van der Waals surface area contributed by atoms with E-state index < -0.39 is 0 Å². The van der Waals surface area contributed by atoms with Gasteiger partial charge < -0.3 is 14.8 Å². The molecule has 0 spiro atoms. The van der Waals surface area contributed by atoms with Crippen LogP contribution in [0.15, 0.2) is 51.8 Å². The zero-order chi connectivity index (χ0) is 18.1. The van der Waals surface area contributed by atoms with E-state index >= 15 is 0 Å². The number of hydrogen-bond donors (Lipinski definition) is 1. The maximum absolute atomic E-state index is 12.7. The van der Waals surface area contributed by atoms with E-state index in [0.29, 0.717) is 27.4 Å². The number of hydrogen-bond acceptors (Lipinski definition) is 6. The molecule has 0 unspecified atom stereocenters. The number of nitrogens with one attached hydrogen (secondary N) is 1. The molecule has 0 aromatic heterocycles. The van der Waals surface area contributed by atoms with Crippen LogP contribution in [0.25, 0.3) is 6.08 Å². The molecule has 2 aliphatic heterocycles. The van der Waals surface area contributed by atoms with Gasteiger partial charge >= 0.3 is 0 Å². The first-order valence-corrected chi connectivity index (χ1v) is 9.76. The molecule has 5 nitrogen and oxygen atoms in total. The molecule has 1 amide bonds.